The van der Waals surface area contributed by atoms with Crippen LogP contribution in [0.25, 0.3) is 0 Å². The first-order valence-corrected chi connectivity index (χ1v) is 5.38. The smallest absolute Gasteiger partial charge is 0.109 e. The van der Waals surface area contributed by atoms with E-state index in [0.29, 0.717) is 0 Å². The molecule has 4 nitrogen and oxygen atoms in total. The van der Waals surface area contributed by atoms with Gasteiger partial charge in [0, 0.05) is 0 Å². The lowest BCUT2D eigenvalue weighted by Gasteiger charge is -2.36. The maximum absolute atomic E-state index is 9.31. The highest BCUT2D eigenvalue weighted by molar-refractivity contribution is 9.11. The lowest BCUT2D eigenvalue weighted by atomic mass is 10.1. The van der Waals surface area contributed by atoms with Gasteiger partial charge in [-0.05, 0) is 0 Å². The third-order valence-electron chi connectivity index (χ3n) is 1.83. The molecule has 0 saturated carbocycles. The summed E-state index contributed by atoms with van der Waals surface area (Å²) in [5, 5.41) is 36.2. The number of aliphatic hydroxyl groups is 4. The molecule has 1 aliphatic rings. The zero-order chi connectivity index (χ0) is 9.30. The Balaban J connectivity index is 2.63. The highest BCUT2D eigenvalue weighted by atomic mass is 79.9. The second kappa shape index (κ2) is 4.26. The van der Waals surface area contributed by atoms with E-state index in [1.807, 2.05) is 0 Å². The molecule has 0 bridgehead atoms. The van der Waals surface area contributed by atoms with Gasteiger partial charge in [0.25, 0.3) is 0 Å². The number of alkyl halides is 1. The van der Waals surface area contributed by atoms with E-state index < -0.39 is 23.6 Å². The van der Waals surface area contributed by atoms with Crippen LogP contribution in [-0.2, 0) is 0 Å². The zero-order valence-electron chi connectivity index (χ0n) is 6.17. The van der Waals surface area contributed by atoms with Crippen LogP contribution in [0.1, 0.15) is 0 Å². The molecule has 1 fully saturated rings. The van der Waals surface area contributed by atoms with Crippen LogP contribution < -0.4 is 0 Å². The number of aliphatic hydroxyl groups excluding tert-OH is 4. The summed E-state index contributed by atoms with van der Waals surface area (Å²) < 4.78 is -0.340. The van der Waals surface area contributed by atoms with E-state index in [2.05, 4.69) is 15.9 Å². The molecule has 0 aromatic heterocycles. The van der Waals surface area contributed by atoms with Gasteiger partial charge in [-0.3, -0.25) is 0 Å². The molecule has 12 heavy (non-hydrogen) atoms. The van der Waals surface area contributed by atoms with Crippen molar-refractivity contribution < 1.29 is 20.4 Å². The molecule has 1 rings (SSSR count). The summed E-state index contributed by atoms with van der Waals surface area (Å²) in [4.78, 5) is 0. The Hall–Kier alpha value is 0.670. The Morgan fingerprint density at radius 2 is 1.67 bits per heavy atom. The second-order valence-electron chi connectivity index (χ2n) is 2.68. The molecule has 0 aromatic rings. The van der Waals surface area contributed by atoms with Crippen molar-refractivity contribution in [3.05, 3.63) is 0 Å². The summed E-state index contributed by atoms with van der Waals surface area (Å²) in [5.74, 6) is 0. The minimum atomic E-state index is -1.19. The average Bonchev–Trinajstić information content (AvgIpc) is 2.08. The summed E-state index contributed by atoms with van der Waals surface area (Å²) in [6.07, 6.45) is -3.25. The molecule has 0 aliphatic carbocycles. The molecule has 4 N–H and O–H groups in total. The van der Waals surface area contributed by atoms with Crippen LogP contribution >= 0.6 is 27.7 Å². The molecular weight excluding hydrogens is 248 g/mol. The summed E-state index contributed by atoms with van der Waals surface area (Å²) in [6.45, 7) is -0.211. The van der Waals surface area contributed by atoms with Crippen molar-refractivity contribution in [2.24, 2.45) is 0 Å². The molecule has 1 aliphatic heterocycles. The van der Waals surface area contributed by atoms with Crippen LogP contribution in [0.3, 0.4) is 0 Å². The molecular formula is C6H11BrO4S. The quantitative estimate of drug-likeness (QED) is 0.449. The van der Waals surface area contributed by atoms with E-state index in [9.17, 15) is 15.3 Å². The fraction of sp³-hybridized carbons (Fsp3) is 1.00. The van der Waals surface area contributed by atoms with Crippen molar-refractivity contribution in [2.45, 2.75) is 27.7 Å². The average molecular weight is 259 g/mol. The third-order valence-corrected chi connectivity index (χ3v) is 4.34. The molecule has 72 valence electrons. The predicted octanol–water partition coefficient (Wildman–Crippen LogP) is -1.10. The van der Waals surface area contributed by atoms with Crippen LogP contribution in [0.2, 0.25) is 0 Å². The van der Waals surface area contributed by atoms with Gasteiger partial charge in [0.2, 0.25) is 0 Å². The molecule has 5 atom stereocenters. The van der Waals surface area contributed by atoms with Gasteiger partial charge in [-0.2, -0.15) is 0 Å². The van der Waals surface area contributed by atoms with E-state index in [1.54, 1.807) is 0 Å². The lowest BCUT2D eigenvalue weighted by Crippen LogP contribution is -2.52. The van der Waals surface area contributed by atoms with Gasteiger partial charge < -0.3 is 20.4 Å². The predicted molar refractivity (Wildman–Crippen MR) is 49.2 cm³/mol. The van der Waals surface area contributed by atoms with Crippen LogP contribution in [0, 0.1) is 0 Å². The van der Waals surface area contributed by atoms with Crippen LogP contribution in [0.15, 0.2) is 0 Å². The Kier molecular flexibility index (Phi) is 3.81. The van der Waals surface area contributed by atoms with Crippen molar-refractivity contribution in [3.63, 3.8) is 0 Å². The summed E-state index contributed by atoms with van der Waals surface area (Å²) >= 11 is 4.35. The van der Waals surface area contributed by atoms with Crippen molar-refractivity contribution in [3.8, 4) is 0 Å². The van der Waals surface area contributed by atoms with Crippen LogP contribution in [0.5, 0.6) is 0 Å². The SMILES string of the molecule is OC[C@@H]1S[C@H](Br)[C@H](O)[C@@H](O)[C@@H]1O. The summed E-state index contributed by atoms with van der Waals surface area (Å²) in [5.41, 5.74) is 0. The number of hydrogen-bond donors (Lipinski definition) is 4. The monoisotopic (exact) mass is 258 g/mol. The number of thioether (sulfide) groups is 1. The first kappa shape index (κ1) is 10.7. The van der Waals surface area contributed by atoms with Gasteiger partial charge in [0.15, 0.2) is 0 Å². The fourth-order valence-electron chi connectivity index (χ4n) is 1.06. The van der Waals surface area contributed by atoms with E-state index in [-0.39, 0.29) is 10.8 Å². The van der Waals surface area contributed by atoms with E-state index in [0.717, 1.165) is 0 Å². The Morgan fingerprint density at radius 3 is 2.17 bits per heavy atom. The van der Waals surface area contributed by atoms with Crippen LogP contribution in [-0.4, -0.2) is 54.8 Å². The van der Waals surface area contributed by atoms with Gasteiger partial charge in [-0.25, -0.2) is 0 Å². The Labute approximate surface area is 82.7 Å². The van der Waals surface area contributed by atoms with E-state index >= 15 is 0 Å². The van der Waals surface area contributed by atoms with E-state index in [1.165, 1.54) is 11.8 Å². The van der Waals surface area contributed by atoms with Crippen molar-refractivity contribution >= 4 is 27.7 Å². The maximum Gasteiger partial charge on any atom is 0.109 e. The maximum atomic E-state index is 9.31. The first-order chi connectivity index (χ1) is 5.57. The topological polar surface area (TPSA) is 80.9 Å². The molecule has 6 heteroatoms. The zero-order valence-corrected chi connectivity index (χ0v) is 8.57. The molecule has 0 spiro atoms. The highest BCUT2D eigenvalue weighted by Gasteiger charge is 2.41. The molecule has 0 unspecified atom stereocenters. The van der Waals surface area contributed by atoms with Crippen molar-refractivity contribution in [1.82, 2.24) is 0 Å². The number of hydrogen-bond acceptors (Lipinski definition) is 5. The second-order valence-corrected chi connectivity index (χ2v) is 5.66. The van der Waals surface area contributed by atoms with Gasteiger partial charge in [0.05, 0.1) is 22.1 Å². The molecule has 1 heterocycles. The third kappa shape index (κ3) is 1.94. The van der Waals surface area contributed by atoms with Crippen molar-refractivity contribution in [1.29, 1.82) is 0 Å². The number of rotatable bonds is 1. The highest BCUT2D eigenvalue weighted by Crippen LogP contribution is 2.35. The normalized spacial score (nSPS) is 49.2. The minimum absolute atomic E-state index is 0.211. The molecule has 0 radical (unpaired) electrons. The number of halogens is 1. The Bertz CT molecular complexity index is 154. The van der Waals surface area contributed by atoms with Gasteiger partial charge >= 0.3 is 0 Å². The lowest BCUT2D eigenvalue weighted by molar-refractivity contribution is -0.0619. The standard InChI is InChI=1S/C6H11BrO4S/c7-6-5(11)4(10)3(9)2(1-8)12-6/h2-6,8-11H,1H2/t2-,3+,4-,5+,6-/m0/s1. The minimum Gasteiger partial charge on any atom is -0.395 e. The molecule has 0 amide bonds. The molecule has 0 aromatic carbocycles. The summed E-state index contributed by atoms with van der Waals surface area (Å²) in [7, 11) is 0. The van der Waals surface area contributed by atoms with Gasteiger partial charge in [-0.1, -0.05) is 15.9 Å². The van der Waals surface area contributed by atoms with Gasteiger partial charge in [0.1, 0.15) is 12.2 Å². The van der Waals surface area contributed by atoms with Crippen LogP contribution in [0.4, 0.5) is 0 Å². The Morgan fingerprint density at radius 1 is 1.08 bits per heavy atom. The fourth-order valence-corrected chi connectivity index (χ4v) is 3.26. The first-order valence-electron chi connectivity index (χ1n) is 3.52. The molecule has 1 saturated heterocycles. The largest absolute Gasteiger partial charge is 0.395 e. The van der Waals surface area contributed by atoms with Crippen molar-refractivity contribution in [2.75, 3.05) is 6.61 Å². The summed E-state index contributed by atoms with van der Waals surface area (Å²) in [6, 6.07) is 0. The van der Waals surface area contributed by atoms with Gasteiger partial charge in [-0.15, -0.1) is 11.8 Å². The van der Waals surface area contributed by atoms with E-state index in [4.69, 9.17) is 5.11 Å².